The third-order valence-corrected chi connectivity index (χ3v) is 6.85. The van der Waals surface area contributed by atoms with Crippen molar-refractivity contribution in [1.82, 2.24) is 4.98 Å². The molecule has 5 rings (SSSR count). The maximum Gasteiger partial charge on any atom is 0.251 e. The number of aryl methyl sites for hydroxylation is 1. The van der Waals surface area contributed by atoms with E-state index in [9.17, 15) is 4.79 Å². The van der Waals surface area contributed by atoms with Crippen molar-refractivity contribution in [3.05, 3.63) is 75.6 Å². The smallest absolute Gasteiger partial charge is 0.251 e. The molecule has 0 aliphatic carbocycles. The van der Waals surface area contributed by atoms with Gasteiger partial charge in [0.1, 0.15) is 19.9 Å². The number of aromatic amines is 1. The topological polar surface area (TPSA) is 51.3 Å². The number of rotatable bonds is 5. The van der Waals surface area contributed by atoms with Gasteiger partial charge in [-0.05, 0) is 58.8 Å². The maximum atomic E-state index is 12.2. The fraction of sp³-hybridized carbons (Fsp3) is 0.370. The average molecular weight is 427 g/mol. The summed E-state index contributed by atoms with van der Waals surface area (Å²) in [4.78, 5) is 15.3. The Bertz CT molecular complexity index is 1210. The van der Waals surface area contributed by atoms with E-state index in [1.54, 1.807) is 0 Å². The number of pyridine rings is 1. The number of allylic oxidation sites excluding steroid dienone is 1. The highest BCUT2D eigenvalue weighted by atomic mass is 16.6. The van der Waals surface area contributed by atoms with Crippen LogP contribution in [0.15, 0.2) is 53.3 Å². The molecule has 1 fully saturated rings. The number of ether oxygens (including phenoxy) is 2. The molecule has 3 heterocycles. The summed E-state index contributed by atoms with van der Waals surface area (Å²) in [6.07, 6.45) is 10.9. The van der Waals surface area contributed by atoms with Crippen LogP contribution in [0.3, 0.4) is 0 Å². The van der Waals surface area contributed by atoms with Crippen LogP contribution >= 0.6 is 0 Å². The fourth-order valence-electron chi connectivity index (χ4n) is 5.00. The minimum Gasteiger partial charge on any atom is -0.486 e. The lowest BCUT2D eigenvalue weighted by atomic mass is 9.39. The summed E-state index contributed by atoms with van der Waals surface area (Å²) >= 11 is 0. The molecular weight excluding hydrogens is 397 g/mol. The van der Waals surface area contributed by atoms with Crippen LogP contribution in [0.2, 0.25) is 19.0 Å². The van der Waals surface area contributed by atoms with Crippen molar-refractivity contribution in [2.45, 2.75) is 51.6 Å². The van der Waals surface area contributed by atoms with Gasteiger partial charge in [0.05, 0.1) is 0 Å². The van der Waals surface area contributed by atoms with Gasteiger partial charge in [0.2, 0.25) is 0 Å². The van der Waals surface area contributed by atoms with Gasteiger partial charge in [-0.1, -0.05) is 63.4 Å². The van der Waals surface area contributed by atoms with Crippen LogP contribution in [0.5, 0.6) is 11.5 Å². The zero-order chi connectivity index (χ0) is 21.9. The van der Waals surface area contributed by atoms with Gasteiger partial charge in [-0.15, -0.1) is 0 Å². The van der Waals surface area contributed by atoms with Crippen molar-refractivity contribution in [3.63, 3.8) is 0 Å². The first-order chi connectivity index (χ1) is 15.7. The highest BCUT2D eigenvalue weighted by molar-refractivity contribution is 6.59. The zero-order valence-electron chi connectivity index (χ0n) is 18.8. The molecule has 0 saturated carbocycles. The molecule has 2 aliphatic rings. The van der Waals surface area contributed by atoms with Crippen molar-refractivity contribution in [2.75, 3.05) is 13.2 Å². The van der Waals surface area contributed by atoms with Crippen LogP contribution < -0.4 is 15.0 Å². The predicted octanol–water partition coefficient (Wildman–Crippen LogP) is 5.97. The lowest BCUT2D eigenvalue weighted by Crippen LogP contribution is -2.15. The van der Waals surface area contributed by atoms with Crippen LogP contribution in [0.4, 0.5) is 0 Å². The molecule has 0 spiro atoms. The van der Waals surface area contributed by atoms with Gasteiger partial charge in [0.25, 0.3) is 5.56 Å². The summed E-state index contributed by atoms with van der Waals surface area (Å²) in [6.45, 7) is 3.96. The standard InChI is InChI=1S/C27H30BNO3/c1-2-19-16-22-17-20(6-8-24(22)29-27(19)30)23(10-13-28-11-4-3-5-12-28)21-7-9-25-26(18-21)32-15-14-31-25/h6-10,16-18H,2-5,11-15H2,1H3,(H,29,30)/b23-10-. The third-order valence-electron chi connectivity index (χ3n) is 6.85. The van der Waals surface area contributed by atoms with Gasteiger partial charge in [0, 0.05) is 11.1 Å². The molecule has 0 atom stereocenters. The molecule has 0 unspecified atom stereocenters. The normalized spacial score (nSPS) is 16.4. The molecule has 164 valence electrons. The molecule has 3 aromatic rings. The van der Waals surface area contributed by atoms with Crippen LogP contribution in [0.1, 0.15) is 42.9 Å². The molecule has 2 aliphatic heterocycles. The first kappa shape index (κ1) is 20.9. The van der Waals surface area contributed by atoms with E-state index in [1.165, 1.54) is 43.0 Å². The molecule has 1 saturated heterocycles. The SMILES string of the molecule is CCc1cc2cc(/C(=C/CB3CCCCC3)c3ccc4c(c3)OCCO4)ccc2[nH]c1=O. The summed E-state index contributed by atoms with van der Waals surface area (Å²) in [5.41, 5.74) is 5.24. The summed E-state index contributed by atoms with van der Waals surface area (Å²) < 4.78 is 11.6. The second-order valence-electron chi connectivity index (χ2n) is 9.00. The molecule has 4 nitrogen and oxygen atoms in total. The quantitative estimate of drug-likeness (QED) is 0.511. The number of hydrogen-bond acceptors (Lipinski definition) is 3. The monoisotopic (exact) mass is 427 g/mol. The third kappa shape index (κ3) is 4.34. The van der Waals surface area contributed by atoms with Crippen molar-refractivity contribution < 1.29 is 9.47 Å². The molecular formula is C27H30BNO3. The minimum atomic E-state index is 0.00708. The second-order valence-corrected chi connectivity index (χ2v) is 9.00. The molecule has 0 amide bonds. The van der Waals surface area contributed by atoms with Crippen molar-refractivity contribution >= 4 is 23.2 Å². The van der Waals surface area contributed by atoms with Gasteiger partial charge in [-0.2, -0.15) is 0 Å². The lowest BCUT2D eigenvalue weighted by Gasteiger charge is -2.21. The van der Waals surface area contributed by atoms with E-state index in [4.69, 9.17) is 9.47 Å². The van der Waals surface area contributed by atoms with E-state index >= 15 is 0 Å². The Balaban J connectivity index is 1.57. The summed E-state index contributed by atoms with van der Waals surface area (Å²) in [5.74, 6) is 1.63. The Labute approximate surface area is 189 Å². The van der Waals surface area contributed by atoms with Crippen LogP contribution in [-0.2, 0) is 6.42 Å². The number of fused-ring (bicyclic) bond motifs is 2. The first-order valence-corrected chi connectivity index (χ1v) is 12.0. The zero-order valence-corrected chi connectivity index (χ0v) is 18.8. The van der Waals surface area contributed by atoms with Gasteiger partial charge in [-0.3, -0.25) is 4.79 Å². The predicted molar refractivity (Wildman–Crippen MR) is 132 cm³/mol. The van der Waals surface area contributed by atoms with Crippen LogP contribution in [0, 0.1) is 0 Å². The Hall–Kier alpha value is -2.95. The van der Waals surface area contributed by atoms with Crippen LogP contribution in [0.25, 0.3) is 16.5 Å². The first-order valence-electron chi connectivity index (χ1n) is 12.0. The maximum absolute atomic E-state index is 12.2. The van der Waals surface area contributed by atoms with Crippen molar-refractivity contribution in [3.8, 4) is 11.5 Å². The molecule has 32 heavy (non-hydrogen) atoms. The van der Waals surface area contributed by atoms with Crippen molar-refractivity contribution in [1.29, 1.82) is 0 Å². The summed E-state index contributed by atoms with van der Waals surface area (Å²) in [6, 6.07) is 14.6. The second kappa shape index (κ2) is 9.27. The molecule has 0 radical (unpaired) electrons. The van der Waals surface area contributed by atoms with E-state index < -0.39 is 0 Å². The summed E-state index contributed by atoms with van der Waals surface area (Å²) in [7, 11) is 0. The Kier molecular flexibility index (Phi) is 6.07. The molecule has 5 heteroatoms. The van der Waals surface area contributed by atoms with E-state index in [2.05, 4.69) is 35.3 Å². The Morgan fingerprint density at radius 3 is 2.53 bits per heavy atom. The molecule has 0 bridgehead atoms. The average Bonchev–Trinajstić information content (AvgIpc) is 2.84. The largest absolute Gasteiger partial charge is 0.486 e. The lowest BCUT2D eigenvalue weighted by molar-refractivity contribution is 0.171. The number of hydrogen-bond donors (Lipinski definition) is 1. The highest BCUT2D eigenvalue weighted by Crippen LogP contribution is 2.36. The van der Waals surface area contributed by atoms with Crippen molar-refractivity contribution in [2.24, 2.45) is 0 Å². The number of aromatic nitrogens is 1. The molecule has 1 N–H and O–H groups in total. The fourth-order valence-corrected chi connectivity index (χ4v) is 5.00. The summed E-state index contributed by atoms with van der Waals surface area (Å²) in [5, 5.41) is 1.07. The Morgan fingerprint density at radius 1 is 0.969 bits per heavy atom. The van der Waals surface area contributed by atoms with E-state index in [0.29, 0.717) is 13.2 Å². The number of nitrogens with one attached hydrogen (secondary N) is 1. The Morgan fingerprint density at radius 2 is 1.72 bits per heavy atom. The van der Waals surface area contributed by atoms with E-state index in [-0.39, 0.29) is 5.56 Å². The minimum absolute atomic E-state index is 0.00708. The number of H-pyrrole nitrogens is 1. The van der Waals surface area contributed by atoms with E-state index in [1.807, 2.05) is 25.1 Å². The molecule has 1 aromatic heterocycles. The van der Waals surface area contributed by atoms with Gasteiger partial charge < -0.3 is 14.5 Å². The van der Waals surface area contributed by atoms with Gasteiger partial charge >= 0.3 is 0 Å². The van der Waals surface area contributed by atoms with Crippen LogP contribution in [-0.4, -0.2) is 24.9 Å². The highest BCUT2D eigenvalue weighted by Gasteiger charge is 2.18. The van der Waals surface area contributed by atoms with E-state index in [0.717, 1.165) is 53.0 Å². The van der Waals surface area contributed by atoms with Gasteiger partial charge in [-0.25, -0.2) is 0 Å². The van der Waals surface area contributed by atoms with Gasteiger partial charge in [0.15, 0.2) is 11.5 Å². The molecule has 2 aromatic carbocycles. The number of benzene rings is 2.